The van der Waals surface area contributed by atoms with Gasteiger partial charge in [-0.15, -0.1) is 11.8 Å². The monoisotopic (exact) mass is 423 g/mol. The van der Waals surface area contributed by atoms with Crippen molar-refractivity contribution >= 4 is 40.9 Å². The number of amides is 2. The largest absolute Gasteiger partial charge is 0.315 e. The quantitative estimate of drug-likeness (QED) is 0.751. The molecule has 2 aromatic rings. The van der Waals surface area contributed by atoms with Crippen molar-refractivity contribution in [3.63, 3.8) is 0 Å². The first-order valence-electron chi connectivity index (χ1n) is 9.61. The first-order chi connectivity index (χ1) is 14.0. The number of benzene rings is 2. The van der Waals surface area contributed by atoms with Gasteiger partial charge in [-0.25, -0.2) is 0 Å². The molecule has 2 heterocycles. The smallest absolute Gasteiger partial charge is 0.268 e. The summed E-state index contributed by atoms with van der Waals surface area (Å²) in [4.78, 5) is 29.3. The highest BCUT2D eigenvalue weighted by Crippen LogP contribution is 2.56. The summed E-state index contributed by atoms with van der Waals surface area (Å²) in [5.74, 6) is 0.729. The molecule has 1 aliphatic carbocycles. The first-order valence-corrected chi connectivity index (χ1v) is 11.0. The molecular formula is C22H18ClN3O2S. The van der Waals surface area contributed by atoms with E-state index in [9.17, 15) is 14.9 Å². The van der Waals surface area contributed by atoms with Crippen molar-refractivity contribution < 1.29 is 9.59 Å². The van der Waals surface area contributed by atoms with Crippen LogP contribution in [0.4, 0.5) is 5.69 Å². The van der Waals surface area contributed by atoms with Crippen LogP contribution in [0.2, 0.25) is 5.02 Å². The second-order valence-electron chi connectivity index (χ2n) is 7.62. The molecule has 3 aliphatic rings. The van der Waals surface area contributed by atoms with Crippen molar-refractivity contribution in [1.29, 1.82) is 5.26 Å². The molecule has 0 unspecified atom stereocenters. The normalized spacial score (nSPS) is 22.8. The van der Waals surface area contributed by atoms with Gasteiger partial charge in [0.15, 0.2) is 4.87 Å². The van der Waals surface area contributed by atoms with Gasteiger partial charge in [0, 0.05) is 28.8 Å². The fraction of sp³-hybridized carbons (Fsp3) is 0.318. The molecule has 1 saturated heterocycles. The van der Waals surface area contributed by atoms with Crippen LogP contribution in [0, 0.1) is 17.2 Å². The topological polar surface area (TPSA) is 64.4 Å². The van der Waals surface area contributed by atoms with Crippen molar-refractivity contribution in [3.05, 3.63) is 64.2 Å². The van der Waals surface area contributed by atoms with E-state index >= 15 is 0 Å². The summed E-state index contributed by atoms with van der Waals surface area (Å²) >= 11 is 7.82. The Labute approximate surface area is 178 Å². The van der Waals surface area contributed by atoms with Crippen molar-refractivity contribution in [2.75, 3.05) is 17.2 Å². The molecule has 2 aromatic carbocycles. The highest BCUT2D eigenvalue weighted by Gasteiger charge is 2.60. The molecule has 0 N–H and O–H groups in total. The molecule has 29 heavy (non-hydrogen) atoms. The molecule has 7 heteroatoms. The Morgan fingerprint density at radius 3 is 2.86 bits per heavy atom. The number of fused-ring (bicyclic) bond motifs is 2. The molecule has 5 nitrogen and oxygen atoms in total. The third-order valence-electron chi connectivity index (χ3n) is 5.74. The molecule has 1 atom stereocenters. The predicted octanol–water partition coefficient (Wildman–Crippen LogP) is 3.90. The van der Waals surface area contributed by atoms with Crippen LogP contribution in [0.25, 0.3) is 0 Å². The SMILES string of the molecule is N#Cc1cccc(CN2C(=O)[C@@]3(SCCN3C(=O)C3CC3)c3cc(Cl)ccc32)c1. The molecule has 2 fully saturated rings. The van der Waals surface area contributed by atoms with Crippen LogP contribution in [-0.2, 0) is 21.0 Å². The number of thioether (sulfide) groups is 1. The summed E-state index contributed by atoms with van der Waals surface area (Å²) in [6.07, 6.45) is 1.80. The average molecular weight is 424 g/mol. The minimum atomic E-state index is -1.03. The second kappa shape index (κ2) is 6.79. The zero-order chi connectivity index (χ0) is 20.2. The van der Waals surface area contributed by atoms with E-state index in [1.54, 1.807) is 28.0 Å². The Bertz CT molecular complexity index is 1080. The van der Waals surface area contributed by atoms with E-state index in [4.69, 9.17) is 11.6 Å². The van der Waals surface area contributed by atoms with Crippen LogP contribution in [0.15, 0.2) is 42.5 Å². The Morgan fingerprint density at radius 2 is 2.10 bits per heavy atom. The maximum absolute atomic E-state index is 13.8. The lowest BCUT2D eigenvalue weighted by Crippen LogP contribution is -2.50. The molecule has 146 valence electrons. The van der Waals surface area contributed by atoms with Crippen LogP contribution >= 0.6 is 23.4 Å². The van der Waals surface area contributed by atoms with Crippen LogP contribution in [0.3, 0.4) is 0 Å². The van der Waals surface area contributed by atoms with Gasteiger partial charge in [-0.1, -0.05) is 23.7 Å². The van der Waals surface area contributed by atoms with E-state index in [0.717, 1.165) is 29.7 Å². The summed E-state index contributed by atoms with van der Waals surface area (Å²) in [5.41, 5.74) is 3.01. The van der Waals surface area contributed by atoms with E-state index in [-0.39, 0.29) is 17.7 Å². The second-order valence-corrected chi connectivity index (χ2v) is 9.35. The van der Waals surface area contributed by atoms with Gasteiger partial charge in [-0.3, -0.25) is 9.59 Å². The standard InChI is InChI=1S/C22H18ClN3O2S/c23-17-6-7-19-18(11-17)22(26(8-9-29-22)20(27)16-4-5-16)21(28)25(19)13-15-3-1-2-14(10-15)12-24/h1-3,6-7,10-11,16H,4-5,8-9,13H2/t22-/m0/s1. The van der Waals surface area contributed by atoms with Crippen molar-refractivity contribution in [2.45, 2.75) is 24.3 Å². The first kappa shape index (κ1) is 18.5. The summed E-state index contributed by atoms with van der Waals surface area (Å²) in [6, 6.07) is 14.9. The fourth-order valence-electron chi connectivity index (χ4n) is 4.24. The van der Waals surface area contributed by atoms with E-state index in [2.05, 4.69) is 6.07 Å². The molecule has 1 saturated carbocycles. The van der Waals surface area contributed by atoms with Crippen LogP contribution in [0.1, 0.15) is 29.5 Å². The number of nitriles is 1. The summed E-state index contributed by atoms with van der Waals surface area (Å²) in [6.45, 7) is 0.909. The van der Waals surface area contributed by atoms with Crippen molar-refractivity contribution in [1.82, 2.24) is 4.90 Å². The zero-order valence-electron chi connectivity index (χ0n) is 15.6. The molecule has 0 bridgehead atoms. The molecular weight excluding hydrogens is 406 g/mol. The predicted molar refractivity (Wildman–Crippen MR) is 112 cm³/mol. The van der Waals surface area contributed by atoms with Gasteiger partial charge in [0.2, 0.25) is 5.91 Å². The number of halogens is 1. The lowest BCUT2D eigenvalue weighted by Gasteiger charge is -2.33. The Hall–Kier alpha value is -2.49. The Balaban J connectivity index is 1.59. The number of rotatable bonds is 3. The lowest BCUT2D eigenvalue weighted by molar-refractivity contribution is -0.141. The Kier molecular flexibility index (Phi) is 4.34. The summed E-state index contributed by atoms with van der Waals surface area (Å²) in [7, 11) is 0. The molecule has 0 radical (unpaired) electrons. The van der Waals surface area contributed by atoms with E-state index in [1.807, 2.05) is 24.3 Å². The minimum Gasteiger partial charge on any atom is -0.315 e. The minimum absolute atomic E-state index is 0.0439. The number of anilines is 1. The van der Waals surface area contributed by atoms with Crippen LogP contribution in [0.5, 0.6) is 0 Å². The molecule has 2 amide bonds. The maximum atomic E-state index is 13.8. The summed E-state index contributed by atoms with van der Waals surface area (Å²) in [5, 5.41) is 9.74. The molecule has 1 spiro atoms. The Morgan fingerprint density at radius 1 is 1.28 bits per heavy atom. The highest BCUT2D eigenvalue weighted by atomic mass is 35.5. The fourth-order valence-corrected chi connectivity index (χ4v) is 5.87. The van der Waals surface area contributed by atoms with Gasteiger partial charge in [0.25, 0.3) is 5.91 Å². The van der Waals surface area contributed by atoms with E-state index in [1.165, 1.54) is 11.8 Å². The summed E-state index contributed by atoms with van der Waals surface area (Å²) < 4.78 is 0. The highest BCUT2D eigenvalue weighted by molar-refractivity contribution is 8.01. The number of hydrogen-bond donors (Lipinski definition) is 0. The molecule has 5 rings (SSSR count). The number of carbonyl (C=O) groups is 2. The number of nitrogens with zero attached hydrogens (tertiary/aromatic N) is 3. The average Bonchev–Trinajstić information content (AvgIpc) is 3.45. The van der Waals surface area contributed by atoms with E-state index in [0.29, 0.717) is 29.4 Å². The molecule has 0 aromatic heterocycles. The van der Waals surface area contributed by atoms with Gasteiger partial charge in [-0.2, -0.15) is 5.26 Å². The zero-order valence-corrected chi connectivity index (χ0v) is 17.2. The third-order valence-corrected chi connectivity index (χ3v) is 7.40. The van der Waals surface area contributed by atoms with Gasteiger partial charge < -0.3 is 9.80 Å². The van der Waals surface area contributed by atoms with Gasteiger partial charge in [-0.05, 0) is 48.7 Å². The van der Waals surface area contributed by atoms with Crippen molar-refractivity contribution in [2.24, 2.45) is 5.92 Å². The lowest BCUT2D eigenvalue weighted by atomic mass is 10.1. The third kappa shape index (κ3) is 2.84. The number of hydrogen-bond acceptors (Lipinski definition) is 4. The van der Waals surface area contributed by atoms with Gasteiger partial charge in [0.05, 0.1) is 23.9 Å². The van der Waals surface area contributed by atoms with Crippen LogP contribution in [-0.4, -0.2) is 29.0 Å². The molecule has 2 aliphatic heterocycles. The van der Waals surface area contributed by atoms with Gasteiger partial charge >= 0.3 is 0 Å². The maximum Gasteiger partial charge on any atom is 0.268 e. The van der Waals surface area contributed by atoms with E-state index < -0.39 is 4.87 Å². The van der Waals surface area contributed by atoms with Crippen LogP contribution < -0.4 is 4.90 Å². The number of carbonyl (C=O) groups excluding carboxylic acids is 2. The van der Waals surface area contributed by atoms with Crippen molar-refractivity contribution in [3.8, 4) is 6.07 Å². The van der Waals surface area contributed by atoms with Gasteiger partial charge in [0.1, 0.15) is 0 Å².